The molecule has 0 aliphatic heterocycles. The lowest BCUT2D eigenvalue weighted by Gasteiger charge is -2.14. The van der Waals surface area contributed by atoms with Gasteiger partial charge in [0.25, 0.3) is 0 Å². The highest BCUT2D eigenvalue weighted by molar-refractivity contribution is 6.33. The van der Waals surface area contributed by atoms with Gasteiger partial charge in [-0.15, -0.1) is 0 Å². The molecule has 0 amide bonds. The van der Waals surface area contributed by atoms with Crippen molar-refractivity contribution < 1.29 is 9.90 Å². The Morgan fingerprint density at radius 2 is 2.24 bits per heavy atom. The fourth-order valence-electron chi connectivity index (χ4n) is 2.35. The zero-order valence-corrected chi connectivity index (χ0v) is 10.5. The highest BCUT2D eigenvalue weighted by Gasteiger charge is 2.21. The molecule has 1 aliphatic carbocycles. The van der Waals surface area contributed by atoms with Crippen molar-refractivity contribution in [3.63, 3.8) is 0 Å². The molecule has 1 aliphatic rings. The second-order valence-electron chi connectivity index (χ2n) is 4.76. The van der Waals surface area contributed by atoms with E-state index < -0.39 is 5.97 Å². The van der Waals surface area contributed by atoms with Crippen LogP contribution in [0.5, 0.6) is 0 Å². The van der Waals surface area contributed by atoms with Crippen LogP contribution in [0.3, 0.4) is 0 Å². The molecule has 2 unspecified atom stereocenters. The third kappa shape index (κ3) is 2.91. The van der Waals surface area contributed by atoms with E-state index in [1.807, 2.05) is 0 Å². The summed E-state index contributed by atoms with van der Waals surface area (Å²) in [7, 11) is 0. The van der Waals surface area contributed by atoms with Gasteiger partial charge in [0.05, 0.1) is 10.6 Å². The molecule has 2 rings (SSSR count). The number of rotatable bonds is 3. The first-order valence-electron chi connectivity index (χ1n) is 5.85. The average molecular weight is 254 g/mol. The van der Waals surface area contributed by atoms with E-state index in [0.29, 0.717) is 6.04 Å². The Kier molecular flexibility index (Phi) is 3.57. The molecule has 0 heterocycles. The Morgan fingerprint density at radius 1 is 1.47 bits per heavy atom. The van der Waals surface area contributed by atoms with Crippen LogP contribution in [0, 0.1) is 5.92 Å². The van der Waals surface area contributed by atoms with Gasteiger partial charge in [0.1, 0.15) is 0 Å². The largest absolute Gasteiger partial charge is 0.478 e. The van der Waals surface area contributed by atoms with E-state index in [1.165, 1.54) is 12.8 Å². The number of nitrogens with one attached hydrogen (secondary N) is 1. The molecule has 0 bridgehead atoms. The first kappa shape index (κ1) is 12.2. The van der Waals surface area contributed by atoms with Gasteiger partial charge in [0.2, 0.25) is 0 Å². The summed E-state index contributed by atoms with van der Waals surface area (Å²) in [5.41, 5.74) is 1.05. The number of halogens is 1. The van der Waals surface area contributed by atoms with Crippen LogP contribution in [0.1, 0.15) is 36.5 Å². The first-order valence-corrected chi connectivity index (χ1v) is 6.23. The van der Waals surface area contributed by atoms with Gasteiger partial charge in [-0.05, 0) is 43.4 Å². The number of carboxylic acids is 1. The predicted molar refractivity (Wildman–Crippen MR) is 68.8 cm³/mol. The number of hydrogen-bond acceptors (Lipinski definition) is 2. The maximum absolute atomic E-state index is 10.8. The fourth-order valence-corrected chi connectivity index (χ4v) is 2.61. The molecule has 0 aromatic heterocycles. The monoisotopic (exact) mass is 253 g/mol. The van der Waals surface area contributed by atoms with E-state index in [1.54, 1.807) is 18.2 Å². The van der Waals surface area contributed by atoms with E-state index in [-0.39, 0.29) is 10.6 Å². The molecule has 0 spiro atoms. The zero-order valence-electron chi connectivity index (χ0n) is 9.74. The summed E-state index contributed by atoms with van der Waals surface area (Å²) >= 11 is 5.92. The van der Waals surface area contributed by atoms with E-state index in [9.17, 15) is 4.79 Å². The van der Waals surface area contributed by atoms with Crippen molar-refractivity contribution in [2.45, 2.75) is 32.2 Å². The normalized spacial score (nSPS) is 23.6. The number of carbonyl (C=O) groups is 1. The molecule has 1 aromatic carbocycles. The summed E-state index contributed by atoms with van der Waals surface area (Å²) < 4.78 is 0. The first-order chi connectivity index (χ1) is 8.06. The minimum Gasteiger partial charge on any atom is -0.478 e. The summed E-state index contributed by atoms with van der Waals surface area (Å²) in [4.78, 5) is 10.8. The molecule has 1 fully saturated rings. The van der Waals surface area contributed by atoms with Crippen LogP contribution in [0.25, 0.3) is 0 Å². The van der Waals surface area contributed by atoms with Crippen LogP contribution < -0.4 is 5.32 Å². The smallest absolute Gasteiger partial charge is 0.337 e. The van der Waals surface area contributed by atoms with Gasteiger partial charge in [0.15, 0.2) is 0 Å². The van der Waals surface area contributed by atoms with Crippen molar-refractivity contribution in [2.75, 3.05) is 5.32 Å². The summed E-state index contributed by atoms with van der Waals surface area (Å²) in [5, 5.41) is 12.6. The van der Waals surface area contributed by atoms with Gasteiger partial charge >= 0.3 is 5.97 Å². The van der Waals surface area contributed by atoms with Crippen LogP contribution in [0.4, 0.5) is 5.69 Å². The Balaban J connectivity index is 2.07. The highest BCUT2D eigenvalue weighted by Crippen LogP contribution is 2.29. The van der Waals surface area contributed by atoms with Gasteiger partial charge < -0.3 is 10.4 Å². The van der Waals surface area contributed by atoms with Crippen molar-refractivity contribution in [2.24, 2.45) is 5.92 Å². The summed E-state index contributed by atoms with van der Waals surface area (Å²) in [6, 6.07) is 5.49. The molecular weight excluding hydrogens is 238 g/mol. The third-order valence-electron chi connectivity index (χ3n) is 3.27. The van der Waals surface area contributed by atoms with E-state index in [0.717, 1.165) is 18.0 Å². The Hall–Kier alpha value is -1.22. The molecule has 17 heavy (non-hydrogen) atoms. The van der Waals surface area contributed by atoms with Crippen molar-refractivity contribution >= 4 is 23.3 Å². The van der Waals surface area contributed by atoms with Crippen LogP contribution in [0.2, 0.25) is 5.02 Å². The molecular formula is C13H16ClNO2. The molecule has 0 radical (unpaired) electrons. The molecule has 2 N–H and O–H groups in total. The van der Waals surface area contributed by atoms with Gasteiger partial charge in [-0.2, -0.15) is 0 Å². The van der Waals surface area contributed by atoms with Gasteiger partial charge in [-0.25, -0.2) is 4.79 Å². The SMILES string of the molecule is CC1CCC(Nc2ccc(C(=O)O)c(Cl)c2)C1. The second-order valence-corrected chi connectivity index (χ2v) is 5.17. The Morgan fingerprint density at radius 3 is 2.76 bits per heavy atom. The van der Waals surface area contributed by atoms with Crippen LogP contribution >= 0.6 is 11.6 Å². The number of hydrogen-bond donors (Lipinski definition) is 2. The van der Waals surface area contributed by atoms with Crippen molar-refractivity contribution in [3.8, 4) is 0 Å². The van der Waals surface area contributed by atoms with Gasteiger partial charge in [-0.3, -0.25) is 0 Å². The lowest BCUT2D eigenvalue weighted by molar-refractivity contribution is 0.0697. The van der Waals surface area contributed by atoms with Crippen LogP contribution in [-0.2, 0) is 0 Å². The molecule has 1 aromatic rings. The minimum atomic E-state index is -0.990. The van der Waals surface area contributed by atoms with Crippen molar-refractivity contribution in [1.82, 2.24) is 0 Å². The highest BCUT2D eigenvalue weighted by atomic mass is 35.5. The van der Waals surface area contributed by atoms with Gasteiger partial charge in [-0.1, -0.05) is 18.5 Å². The zero-order chi connectivity index (χ0) is 12.4. The number of aromatic carboxylic acids is 1. The molecule has 0 saturated heterocycles. The molecule has 2 atom stereocenters. The summed E-state index contributed by atoms with van der Waals surface area (Å²) in [5.74, 6) is -0.225. The maximum Gasteiger partial charge on any atom is 0.337 e. The Labute approximate surface area is 106 Å². The molecule has 1 saturated carbocycles. The summed E-state index contributed by atoms with van der Waals surface area (Å²) in [6.45, 7) is 2.25. The standard InChI is InChI=1S/C13H16ClNO2/c1-8-2-3-9(6-8)15-10-4-5-11(13(16)17)12(14)7-10/h4-5,7-9,15H,2-3,6H2,1H3,(H,16,17). The average Bonchev–Trinajstić information content (AvgIpc) is 2.63. The number of carboxylic acid groups (broad SMARTS) is 1. The molecule has 4 heteroatoms. The third-order valence-corrected chi connectivity index (χ3v) is 3.58. The quantitative estimate of drug-likeness (QED) is 0.865. The number of anilines is 1. The maximum atomic E-state index is 10.8. The second kappa shape index (κ2) is 4.96. The molecule has 3 nitrogen and oxygen atoms in total. The Bertz CT molecular complexity index is 433. The number of benzene rings is 1. The fraction of sp³-hybridized carbons (Fsp3) is 0.462. The van der Waals surface area contributed by atoms with Crippen molar-refractivity contribution in [1.29, 1.82) is 0 Å². The lowest BCUT2D eigenvalue weighted by atomic mass is 10.1. The minimum absolute atomic E-state index is 0.150. The van der Waals surface area contributed by atoms with E-state index in [4.69, 9.17) is 16.7 Å². The van der Waals surface area contributed by atoms with Crippen molar-refractivity contribution in [3.05, 3.63) is 28.8 Å². The van der Waals surface area contributed by atoms with E-state index in [2.05, 4.69) is 12.2 Å². The van der Waals surface area contributed by atoms with Gasteiger partial charge in [0, 0.05) is 11.7 Å². The van der Waals surface area contributed by atoms with Crippen LogP contribution in [-0.4, -0.2) is 17.1 Å². The topological polar surface area (TPSA) is 49.3 Å². The molecule has 92 valence electrons. The van der Waals surface area contributed by atoms with Crippen LogP contribution in [0.15, 0.2) is 18.2 Å². The lowest BCUT2D eigenvalue weighted by Crippen LogP contribution is -2.15. The van der Waals surface area contributed by atoms with E-state index >= 15 is 0 Å². The predicted octanol–water partition coefficient (Wildman–Crippen LogP) is 3.64. The summed E-state index contributed by atoms with van der Waals surface area (Å²) in [6.07, 6.45) is 3.58.